The normalized spacial score (nSPS) is 24.6. The molecule has 1 aliphatic rings. The lowest BCUT2D eigenvalue weighted by molar-refractivity contribution is -0.0190. The van der Waals surface area contributed by atoms with Gasteiger partial charge in [0.2, 0.25) is 0 Å². The van der Waals surface area contributed by atoms with Gasteiger partial charge < -0.3 is 15.0 Å². The summed E-state index contributed by atoms with van der Waals surface area (Å²) in [6, 6.07) is 0.606. The van der Waals surface area contributed by atoms with Gasteiger partial charge in [0.15, 0.2) is 0 Å². The van der Waals surface area contributed by atoms with Crippen molar-refractivity contribution in [1.29, 1.82) is 0 Å². The summed E-state index contributed by atoms with van der Waals surface area (Å²) < 4.78 is 5.72. The summed E-state index contributed by atoms with van der Waals surface area (Å²) in [6.45, 7) is 8.48. The van der Waals surface area contributed by atoms with E-state index in [4.69, 9.17) is 4.74 Å². The molecular formula is C12H26N2OS. The zero-order chi connectivity index (χ0) is 11.8. The lowest BCUT2D eigenvalue weighted by atomic mass is 10.2. The van der Waals surface area contributed by atoms with Crippen LogP contribution in [0.15, 0.2) is 0 Å². The zero-order valence-electron chi connectivity index (χ0n) is 10.9. The largest absolute Gasteiger partial charge is 0.374 e. The Morgan fingerprint density at radius 2 is 2.38 bits per heavy atom. The molecule has 0 aromatic heterocycles. The average molecular weight is 246 g/mol. The van der Waals surface area contributed by atoms with Gasteiger partial charge in [-0.15, -0.1) is 0 Å². The van der Waals surface area contributed by atoms with E-state index in [9.17, 15) is 0 Å². The molecule has 3 nitrogen and oxygen atoms in total. The van der Waals surface area contributed by atoms with E-state index >= 15 is 0 Å². The molecule has 0 saturated carbocycles. The number of ether oxygens (including phenoxy) is 1. The van der Waals surface area contributed by atoms with Gasteiger partial charge in [-0.05, 0) is 31.9 Å². The van der Waals surface area contributed by atoms with Crippen molar-refractivity contribution in [3.05, 3.63) is 0 Å². The van der Waals surface area contributed by atoms with E-state index in [1.807, 2.05) is 11.8 Å². The first-order valence-electron chi connectivity index (χ1n) is 6.33. The van der Waals surface area contributed by atoms with Gasteiger partial charge in [-0.3, -0.25) is 0 Å². The van der Waals surface area contributed by atoms with Crippen molar-refractivity contribution in [1.82, 2.24) is 10.2 Å². The van der Waals surface area contributed by atoms with Gasteiger partial charge in [-0.1, -0.05) is 6.92 Å². The highest BCUT2D eigenvalue weighted by Crippen LogP contribution is 2.05. The number of thioether (sulfide) groups is 1. The van der Waals surface area contributed by atoms with E-state index in [0.717, 1.165) is 26.2 Å². The second kappa shape index (κ2) is 8.34. The molecule has 0 radical (unpaired) electrons. The van der Waals surface area contributed by atoms with Gasteiger partial charge in [0.05, 0.1) is 12.7 Å². The topological polar surface area (TPSA) is 24.5 Å². The van der Waals surface area contributed by atoms with Crippen LogP contribution in [0.2, 0.25) is 0 Å². The third kappa shape index (κ3) is 6.09. The van der Waals surface area contributed by atoms with Crippen LogP contribution in [-0.4, -0.2) is 61.8 Å². The molecule has 1 aliphatic heterocycles. The van der Waals surface area contributed by atoms with E-state index in [1.54, 1.807) is 0 Å². The molecule has 1 heterocycles. The highest BCUT2D eigenvalue weighted by atomic mass is 32.2. The molecule has 0 aromatic rings. The first-order chi connectivity index (χ1) is 7.72. The van der Waals surface area contributed by atoms with Gasteiger partial charge in [0.25, 0.3) is 0 Å². The van der Waals surface area contributed by atoms with Crippen LogP contribution in [0.1, 0.15) is 20.3 Å². The Balaban J connectivity index is 2.04. The molecule has 0 amide bonds. The molecule has 1 saturated heterocycles. The van der Waals surface area contributed by atoms with Crippen LogP contribution in [0.3, 0.4) is 0 Å². The predicted molar refractivity (Wildman–Crippen MR) is 72.3 cm³/mol. The van der Waals surface area contributed by atoms with E-state index in [-0.39, 0.29) is 0 Å². The van der Waals surface area contributed by atoms with Crippen molar-refractivity contribution in [2.24, 2.45) is 0 Å². The Morgan fingerprint density at radius 1 is 1.56 bits per heavy atom. The summed E-state index contributed by atoms with van der Waals surface area (Å²) in [5, 5.41) is 3.57. The van der Waals surface area contributed by atoms with Crippen molar-refractivity contribution in [3.63, 3.8) is 0 Å². The standard InChI is InChI=1S/C12H26N2OS/c1-4-16-8-5-11(2)13-9-12-10-14(3)6-7-15-12/h11-13H,4-10H2,1-3H3. The Labute approximate surface area is 104 Å². The fraction of sp³-hybridized carbons (Fsp3) is 1.00. The van der Waals surface area contributed by atoms with Gasteiger partial charge in [0, 0.05) is 25.7 Å². The minimum absolute atomic E-state index is 0.375. The molecular weight excluding hydrogens is 220 g/mol. The summed E-state index contributed by atoms with van der Waals surface area (Å²) in [4.78, 5) is 2.34. The van der Waals surface area contributed by atoms with Crippen LogP contribution in [0.25, 0.3) is 0 Å². The fourth-order valence-electron chi connectivity index (χ4n) is 1.83. The van der Waals surface area contributed by atoms with Crippen LogP contribution in [0.4, 0.5) is 0 Å². The van der Waals surface area contributed by atoms with Crippen LogP contribution >= 0.6 is 11.8 Å². The highest BCUT2D eigenvalue weighted by Gasteiger charge is 2.17. The van der Waals surface area contributed by atoms with Crippen LogP contribution in [0, 0.1) is 0 Å². The van der Waals surface area contributed by atoms with Gasteiger partial charge in [0.1, 0.15) is 0 Å². The highest BCUT2D eigenvalue weighted by molar-refractivity contribution is 7.99. The maximum atomic E-state index is 5.72. The number of morpholine rings is 1. The van der Waals surface area contributed by atoms with Crippen LogP contribution in [0.5, 0.6) is 0 Å². The van der Waals surface area contributed by atoms with E-state index in [2.05, 4.69) is 31.1 Å². The summed E-state index contributed by atoms with van der Waals surface area (Å²) >= 11 is 2.02. The molecule has 1 N–H and O–H groups in total. The first-order valence-corrected chi connectivity index (χ1v) is 7.49. The number of hydrogen-bond donors (Lipinski definition) is 1. The van der Waals surface area contributed by atoms with Crippen LogP contribution in [-0.2, 0) is 4.74 Å². The maximum Gasteiger partial charge on any atom is 0.0826 e. The summed E-state index contributed by atoms with van der Waals surface area (Å²) in [6.07, 6.45) is 1.63. The van der Waals surface area contributed by atoms with Gasteiger partial charge in [-0.2, -0.15) is 11.8 Å². The quantitative estimate of drug-likeness (QED) is 0.687. The Morgan fingerprint density at radius 3 is 3.06 bits per heavy atom. The number of likely N-dealkylation sites (N-methyl/N-ethyl adjacent to an activating group) is 1. The lowest BCUT2D eigenvalue weighted by Crippen LogP contribution is -2.46. The maximum absolute atomic E-state index is 5.72. The molecule has 0 aliphatic carbocycles. The van der Waals surface area contributed by atoms with Crippen molar-refractivity contribution in [3.8, 4) is 0 Å². The van der Waals surface area contributed by atoms with Crippen molar-refractivity contribution in [2.45, 2.75) is 32.4 Å². The number of hydrogen-bond acceptors (Lipinski definition) is 4. The number of rotatable bonds is 7. The van der Waals surface area contributed by atoms with E-state index < -0.39 is 0 Å². The predicted octanol–water partition coefficient (Wildman–Crippen LogP) is 1.44. The molecule has 0 aromatic carbocycles. The van der Waals surface area contributed by atoms with Crippen molar-refractivity contribution >= 4 is 11.8 Å². The molecule has 2 unspecified atom stereocenters. The summed E-state index contributed by atoms with van der Waals surface area (Å²) in [7, 11) is 2.16. The summed E-state index contributed by atoms with van der Waals surface area (Å²) in [5.74, 6) is 2.49. The second-order valence-electron chi connectivity index (χ2n) is 4.55. The average Bonchev–Trinajstić information content (AvgIpc) is 2.27. The molecule has 16 heavy (non-hydrogen) atoms. The molecule has 4 heteroatoms. The first kappa shape index (κ1) is 14.3. The number of nitrogens with one attached hydrogen (secondary N) is 1. The monoisotopic (exact) mass is 246 g/mol. The fourth-order valence-corrected chi connectivity index (χ4v) is 2.64. The minimum Gasteiger partial charge on any atom is -0.374 e. The zero-order valence-corrected chi connectivity index (χ0v) is 11.7. The molecule has 96 valence electrons. The smallest absolute Gasteiger partial charge is 0.0826 e. The third-order valence-corrected chi connectivity index (χ3v) is 3.87. The van der Waals surface area contributed by atoms with E-state index in [1.165, 1.54) is 17.9 Å². The van der Waals surface area contributed by atoms with Gasteiger partial charge in [-0.25, -0.2) is 0 Å². The molecule has 1 fully saturated rings. The van der Waals surface area contributed by atoms with Crippen LogP contribution < -0.4 is 5.32 Å². The minimum atomic E-state index is 0.375. The Bertz CT molecular complexity index is 180. The van der Waals surface area contributed by atoms with Gasteiger partial charge >= 0.3 is 0 Å². The SMILES string of the molecule is CCSCCC(C)NCC1CN(C)CCO1. The Kier molecular flexibility index (Phi) is 7.45. The number of nitrogens with zero attached hydrogens (tertiary/aromatic N) is 1. The lowest BCUT2D eigenvalue weighted by Gasteiger charge is -2.31. The second-order valence-corrected chi connectivity index (χ2v) is 5.94. The third-order valence-electron chi connectivity index (χ3n) is 2.94. The summed E-state index contributed by atoms with van der Waals surface area (Å²) in [5.41, 5.74) is 0. The molecule has 1 rings (SSSR count). The molecule has 0 spiro atoms. The molecule has 2 atom stereocenters. The molecule has 0 bridgehead atoms. The van der Waals surface area contributed by atoms with E-state index in [0.29, 0.717) is 12.1 Å². The van der Waals surface area contributed by atoms with Crippen molar-refractivity contribution < 1.29 is 4.74 Å². The van der Waals surface area contributed by atoms with Crippen molar-refractivity contribution in [2.75, 3.05) is 44.8 Å². The Hall–Kier alpha value is 0.230.